The Labute approximate surface area is 190 Å². The van der Waals surface area contributed by atoms with E-state index >= 15 is 0 Å². The Bertz CT molecular complexity index is 986. The van der Waals surface area contributed by atoms with E-state index in [0.29, 0.717) is 24.5 Å². The van der Waals surface area contributed by atoms with Crippen LogP contribution >= 0.6 is 0 Å². The Morgan fingerprint density at radius 3 is 2.59 bits per heavy atom. The van der Waals surface area contributed by atoms with E-state index in [1.807, 2.05) is 30.3 Å². The third kappa shape index (κ3) is 5.98. The maximum absolute atomic E-state index is 5.90. The number of aromatic nitrogens is 1. The van der Waals surface area contributed by atoms with E-state index in [1.165, 1.54) is 5.56 Å². The quantitative estimate of drug-likeness (QED) is 0.427. The van der Waals surface area contributed by atoms with E-state index in [4.69, 9.17) is 9.41 Å². The molecule has 0 bridgehead atoms. The summed E-state index contributed by atoms with van der Waals surface area (Å²) in [5.41, 5.74) is 2.40. The van der Waals surface area contributed by atoms with Crippen LogP contribution < -0.4 is 10.6 Å². The van der Waals surface area contributed by atoms with Gasteiger partial charge >= 0.3 is 0 Å². The zero-order chi connectivity index (χ0) is 22.2. The predicted molar refractivity (Wildman–Crippen MR) is 129 cm³/mol. The van der Waals surface area contributed by atoms with Crippen LogP contribution in [0.15, 0.2) is 76.3 Å². The number of nitrogens with zero attached hydrogens (tertiary/aromatic N) is 3. The first-order chi connectivity index (χ1) is 15.7. The van der Waals surface area contributed by atoms with Crippen molar-refractivity contribution in [2.45, 2.75) is 51.9 Å². The molecule has 0 spiro atoms. The lowest BCUT2D eigenvalue weighted by Crippen LogP contribution is -2.51. The molecule has 1 saturated heterocycles. The average molecular weight is 432 g/mol. The Balaban J connectivity index is 1.32. The van der Waals surface area contributed by atoms with E-state index in [-0.39, 0.29) is 0 Å². The molecule has 0 amide bonds. The first-order valence-corrected chi connectivity index (χ1v) is 11.5. The molecule has 2 atom stereocenters. The van der Waals surface area contributed by atoms with Crippen LogP contribution in [-0.2, 0) is 13.1 Å². The molecule has 168 valence electrons. The summed E-state index contributed by atoms with van der Waals surface area (Å²) in [7, 11) is 0. The minimum absolute atomic E-state index is 0.402. The summed E-state index contributed by atoms with van der Waals surface area (Å²) in [6, 6.07) is 21.7. The van der Waals surface area contributed by atoms with Gasteiger partial charge in [0, 0.05) is 37.3 Å². The first-order valence-electron chi connectivity index (χ1n) is 11.5. The van der Waals surface area contributed by atoms with Crippen molar-refractivity contribution in [3.63, 3.8) is 0 Å². The molecule has 6 nitrogen and oxygen atoms in total. The van der Waals surface area contributed by atoms with Gasteiger partial charge < -0.3 is 15.1 Å². The molecule has 3 aromatic rings. The summed E-state index contributed by atoms with van der Waals surface area (Å²) in [6.07, 6.45) is 3.96. The molecule has 1 aromatic heterocycles. The molecule has 4 rings (SSSR count). The molecule has 2 heterocycles. The summed E-state index contributed by atoms with van der Waals surface area (Å²) in [4.78, 5) is 11.7. The lowest BCUT2D eigenvalue weighted by atomic mass is 9.97. The highest BCUT2D eigenvalue weighted by atomic mass is 16.4. The fourth-order valence-corrected chi connectivity index (χ4v) is 4.18. The third-order valence-corrected chi connectivity index (χ3v) is 5.91. The minimum Gasteiger partial charge on any atom is -0.439 e. The van der Waals surface area contributed by atoms with Gasteiger partial charge in [0.1, 0.15) is 6.54 Å². The Kier molecular flexibility index (Phi) is 7.56. The number of hydrogen-bond donors (Lipinski definition) is 2. The molecule has 0 saturated carbocycles. The van der Waals surface area contributed by atoms with Gasteiger partial charge in [-0.15, -0.1) is 0 Å². The van der Waals surface area contributed by atoms with E-state index < -0.39 is 0 Å². The summed E-state index contributed by atoms with van der Waals surface area (Å²) in [6.45, 7) is 7.71. The van der Waals surface area contributed by atoms with Gasteiger partial charge in [-0.1, -0.05) is 60.7 Å². The summed E-state index contributed by atoms with van der Waals surface area (Å²) in [5, 5.41) is 6.98. The number of benzene rings is 2. The third-order valence-electron chi connectivity index (χ3n) is 5.91. The fraction of sp³-hybridized carbons (Fsp3) is 0.385. The van der Waals surface area contributed by atoms with E-state index in [1.54, 1.807) is 6.20 Å². The molecule has 0 aliphatic carbocycles. The number of guanidine groups is 1. The van der Waals surface area contributed by atoms with Crippen molar-refractivity contribution in [1.82, 2.24) is 20.5 Å². The van der Waals surface area contributed by atoms with E-state index in [9.17, 15) is 0 Å². The molecule has 0 radical (unpaired) electrons. The maximum atomic E-state index is 5.90. The highest BCUT2D eigenvalue weighted by Gasteiger charge is 2.26. The molecule has 2 N–H and O–H groups in total. The number of rotatable bonds is 7. The lowest BCUT2D eigenvalue weighted by Gasteiger charge is -2.38. The van der Waals surface area contributed by atoms with Crippen LogP contribution in [0.2, 0.25) is 0 Å². The molecule has 2 aromatic carbocycles. The topological polar surface area (TPSA) is 65.7 Å². The standard InChI is InChI=1S/C26H33N5O/c1-3-27-26(29-18-25-28-17-24(32-25)22-12-8-5-9-13-22)30-23-14-15-31(20(2)16-23)19-21-10-6-4-7-11-21/h4-13,17,20,23H,3,14-16,18-19H2,1-2H3,(H2,27,29,30). The highest BCUT2D eigenvalue weighted by Crippen LogP contribution is 2.21. The van der Waals surface area contributed by atoms with Gasteiger partial charge in [0.25, 0.3) is 0 Å². The fourth-order valence-electron chi connectivity index (χ4n) is 4.18. The summed E-state index contributed by atoms with van der Waals surface area (Å²) in [5.74, 6) is 2.21. The van der Waals surface area contributed by atoms with Crippen LogP contribution in [0.4, 0.5) is 0 Å². The Hall–Kier alpha value is -3.12. The van der Waals surface area contributed by atoms with Crippen molar-refractivity contribution >= 4 is 5.96 Å². The van der Waals surface area contributed by atoms with Crippen molar-refractivity contribution in [3.05, 3.63) is 78.3 Å². The highest BCUT2D eigenvalue weighted by molar-refractivity contribution is 5.80. The molecule has 1 fully saturated rings. The average Bonchev–Trinajstić information content (AvgIpc) is 3.30. The second-order valence-corrected chi connectivity index (χ2v) is 8.35. The van der Waals surface area contributed by atoms with Crippen LogP contribution in [0.5, 0.6) is 0 Å². The van der Waals surface area contributed by atoms with Crippen molar-refractivity contribution in [1.29, 1.82) is 0 Å². The van der Waals surface area contributed by atoms with E-state index in [0.717, 1.165) is 49.8 Å². The van der Waals surface area contributed by atoms with Gasteiger partial charge in [-0.25, -0.2) is 9.98 Å². The molecule has 32 heavy (non-hydrogen) atoms. The van der Waals surface area contributed by atoms with Gasteiger partial charge in [-0.2, -0.15) is 0 Å². The van der Waals surface area contributed by atoms with Crippen LogP contribution in [0.1, 0.15) is 38.1 Å². The van der Waals surface area contributed by atoms with Crippen LogP contribution in [0.3, 0.4) is 0 Å². The monoisotopic (exact) mass is 431 g/mol. The largest absolute Gasteiger partial charge is 0.439 e. The van der Waals surface area contributed by atoms with Gasteiger partial charge in [0.2, 0.25) is 5.89 Å². The van der Waals surface area contributed by atoms with Gasteiger partial charge in [-0.05, 0) is 32.3 Å². The van der Waals surface area contributed by atoms with E-state index in [2.05, 4.69) is 64.7 Å². The minimum atomic E-state index is 0.402. The predicted octanol–water partition coefficient (Wildman–Crippen LogP) is 4.45. The van der Waals surface area contributed by atoms with Gasteiger partial charge in [0.15, 0.2) is 11.7 Å². The smallest absolute Gasteiger partial charge is 0.216 e. The SMILES string of the molecule is CCNC(=NCc1ncc(-c2ccccc2)o1)NC1CCN(Cc2ccccc2)C(C)C1. The molecular weight excluding hydrogens is 398 g/mol. The van der Waals surface area contributed by atoms with Crippen LogP contribution in [0, 0.1) is 0 Å². The van der Waals surface area contributed by atoms with Crippen molar-refractivity contribution in [2.75, 3.05) is 13.1 Å². The second-order valence-electron chi connectivity index (χ2n) is 8.35. The molecule has 6 heteroatoms. The van der Waals surface area contributed by atoms with Crippen LogP contribution in [-0.4, -0.2) is 41.0 Å². The van der Waals surface area contributed by atoms with Gasteiger partial charge in [0.05, 0.1) is 6.20 Å². The van der Waals surface area contributed by atoms with Crippen molar-refractivity contribution in [2.24, 2.45) is 4.99 Å². The summed E-state index contributed by atoms with van der Waals surface area (Å²) >= 11 is 0. The lowest BCUT2D eigenvalue weighted by molar-refractivity contribution is 0.134. The summed E-state index contributed by atoms with van der Waals surface area (Å²) < 4.78 is 5.90. The number of oxazole rings is 1. The zero-order valence-corrected chi connectivity index (χ0v) is 19.0. The molecule has 2 unspecified atom stereocenters. The number of aliphatic imine (C=N–C) groups is 1. The van der Waals surface area contributed by atoms with Crippen molar-refractivity contribution < 1.29 is 4.42 Å². The number of nitrogens with one attached hydrogen (secondary N) is 2. The van der Waals surface area contributed by atoms with Gasteiger partial charge in [-0.3, -0.25) is 4.90 Å². The second kappa shape index (κ2) is 11.0. The Morgan fingerprint density at radius 1 is 1.12 bits per heavy atom. The molecule has 1 aliphatic rings. The number of hydrogen-bond acceptors (Lipinski definition) is 4. The van der Waals surface area contributed by atoms with Crippen LogP contribution in [0.25, 0.3) is 11.3 Å². The molecular formula is C26H33N5O. The molecule has 1 aliphatic heterocycles. The first kappa shape index (κ1) is 22.1. The normalized spacial score (nSPS) is 19.6. The zero-order valence-electron chi connectivity index (χ0n) is 19.0. The maximum Gasteiger partial charge on any atom is 0.216 e. The number of likely N-dealkylation sites (tertiary alicyclic amines) is 1. The van der Waals surface area contributed by atoms with Crippen molar-refractivity contribution in [3.8, 4) is 11.3 Å². The number of piperidine rings is 1. The Morgan fingerprint density at radius 2 is 1.88 bits per heavy atom.